The molecule has 1 aliphatic rings. The van der Waals surface area contributed by atoms with Crippen molar-refractivity contribution in [3.63, 3.8) is 0 Å². The molecule has 1 unspecified atom stereocenters. The molecular formula is C4H5ClN2O2. The summed E-state index contributed by atoms with van der Waals surface area (Å²) < 4.78 is 0. The molecule has 0 saturated heterocycles. The number of halogens is 1. The van der Waals surface area contributed by atoms with Gasteiger partial charge in [0.15, 0.2) is 0 Å². The topological polar surface area (TPSA) is 61.7 Å². The van der Waals surface area contributed by atoms with Crippen LogP contribution >= 0.6 is 11.6 Å². The molecule has 9 heavy (non-hydrogen) atoms. The van der Waals surface area contributed by atoms with Crippen LogP contribution in [0.15, 0.2) is 4.99 Å². The number of carbonyl (C=O) groups is 1. The highest BCUT2D eigenvalue weighted by Gasteiger charge is 2.16. The molecule has 0 fully saturated rings. The number of amides is 2. The van der Waals surface area contributed by atoms with Gasteiger partial charge in [-0.3, -0.25) is 0 Å². The third-order valence-corrected chi connectivity index (χ3v) is 1.11. The lowest BCUT2D eigenvalue weighted by molar-refractivity contribution is 0.147. The van der Waals surface area contributed by atoms with Gasteiger partial charge >= 0.3 is 6.03 Å². The summed E-state index contributed by atoms with van der Waals surface area (Å²) >= 11 is 5.34. The molecule has 2 amide bonds. The van der Waals surface area contributed by atoms with E-state index in [0.717, 1.165) is 0 Å². The number of urea groups is 1. The largest absolute Gasteiger partial charge is 0.373 e. The molecule has 50 valence electrons. The van der Waals surface area contributed by atoms with Crippen molar-refractivity contribution in [2.75, 3.05) is 0 Å². The van der Waals surface area contributed by atoms with Gasteiger partial charge in [-0.1, -0.05) is 11.6 Å². The van der Waals surface area contributed by atoms with Gasteiger partial charge in [-0.05, 0) is 0 Å². The molecule has 0 aliphatic carbocycles. The molecule has 2 N–H and O–H groups in total. The third kappa shape index (κ3) is 1.65. The standard InChI is InChI=1S/C4H5ClN2O2/c5-2-1-3(8)7-4(9)6-2/h3,8H,1H2,(H,7,9). The lowest BCUT2D eigenvalue weighted by Crippen LogP contribution is -2.37. The minimum atomic E-state index is -0.873. The molecule has 0 bridgehead atoms. The average molecular weight is 149 g/mol. The first-order valence-corrected chi connectivity index (χ1v) is 2.78. The first-order chi connectivity index (χ1) is 4.18. The number of aliphatic hydroxyl groups is 1. The van der Waals surface area contributed by atoms with E-state index >= 15 is 0 Å². The van der Waals surface area contributed by atoms with Crippen molar-refractivity contribution < 1.29 is 9.90 Å². The second-order valence-corrected chi connectivity index (χ2v) is 2.09. The van der Waals surface area contributed by atoms with Crippen LogP contribution in [0.1, 0.15) is 6.42 Å². The van der Waals surface area contributed by atoms with Crippen LogP contribution < -0.4 is 5.32 Å². The van der Waals surface area contributed by atoms with Crippen LogP contribution in [0, 0.1) is 0 Å². The Hall–Kier alpha value is -0.610. The van der Waals surface area contributed by atoms with Gasteiger partial charge in [0.1, 0.15) is 11.4 Å². The Kier molecular flexibility index (Phi) is 1.68. The SMILES string of the molecule is O=C1N=C(Cl)CC(O)N1. The van der Waals surface area contributed by atoms with Crippen LogP contribution in [0.3, 0.4) is 0 Å². The molecule has 0 aromatic rings. The summed E-state index contributed by atoms with van der Waals surface area (Å²) in [5.74, 6) is 0. The summed E-state index contributed by atoms with van der Waals surface area (Å²) in [4.78, 5) is 13.6. The molecule has 0 aromatic heterocycles. The minimum absolute atomic E-state index is 0.145. The van der Waals surface area contributed by atoms with E-state index in [2.05, 4.69) is 10.3 Å². The van der Waals surface area contributed by atoms with Gasteiger partial charge in [-0.2, -0.15) is 4.99 Å². The van der Waals surface area contributed by atoms with Crippen molar-refractivity contribution in [1.29, 1.82) is 0 Å². The van der Waals surface area contributed by atoms with Crippen molar-refractivity contribution in [3.8, 4) is 0 Å². The van der Waals surface area contributed by atoms with Crippen molar-refractivity contribution in [3.05, 3.63) is 0 Å². The van der Waals surface area contributed by atoms with E-state index in [4.69, 9.17) is 16.7 Å². The monoisotopic (exact) mass is 148 g/mol. The second-order valence-electron chi connectivity index (χ2n) is 1.66. The predicted octanol–water partition coefficient (Wildman–Crippen LogP) is 0.0554. The van der Waals surface area contributed by atoms with Crippen LogP contribution in [0.2, 0.25) is 0 Å². The Bertz CT molecular complexity index is 168. The van der Waals surface area contributed by atoms with E-state index in [-0.39, 0.29) is 11.6 Å². The third-order valence-electron chi connectivity index (χ3n) is 0.875. The van der Waals surface area contributed by atoms with Crippen molar-refractivity contribution in [2.24, 2.45) is 4.99 Å². The van der Waals surface area contributed by atoms with E-state index in [0.29, 0.717) is 0 Å². The van der Waals surface area contributed by atoms with Crippen molar-refractivity contribution in [1.82, 2.24) is 5.32 Å². The lowest BCUT2D eigenvalue weighted by Gasteiger charge is -2.13. The zero-order valence-corrected chi connectivity index (χ0v) is 5.22. The van der Waals surface area contributed by atoms with E-state index in [1.807, 2.05) is 0 Å². The molecular weight excluding hydrogens is 144 g/mol. The number of hydrogen-bond acceptors (Lipinski definition) is 2. The van der Waals surface area contributed by atoms with Crippen LogP contribution in [0.25, 0.3) is 0 Å². The van der Waals surface area contributed by atoms with Gasteiger partial charge in [-0.25, -0.2) is 4.79 Å². The maximum Gasteiger partial charge on any atom is 0.344 e. The molecule has 0 aromatic carbocycles. The van der Waals surface area contributed by atoms with Crippen LogP contribution in [-0.4, -0.2) is 22.5 Å². The number of nitrogens with zero attached hydrogens (tertiary/aromatic N) is 1. The van der Waals surface area contributed by atoms with Gasteiger partial charge in [0.2, 0.25) is 0 Å². The summed E-state index contributed by atoms with van der Waals surface area (Å²) in [6, 6.07) is -0.584. The molecule has 0 saturated carbocycles. The first-order valence-electron chi connectivity index (χ1n) is 2.40. The maximum absolute atomic E-state index is 10.3. The number of rotatable bonds is 0. The molecule has 1 heterocycles. The van der Waals surface area contributed by atoms with Gasteiger partial charge in [0.05, 0.1) is 0 Å². The number of aliphatic imine (C=N–C) groups is 1. The summed E-state index contributed by atoms with van der Waals surface area (Å²) in [5.41, 5.74) is 0. The Balaban J connectivity index is 2.67. The predicted molar refractivity (Wildman–Crippen MR) is 32.4 cm³/mol. The molecule has 5 heteroatoms. The fourth-order valence-electron chi connectivity index (χ4n) is 0.541. The molecule has 1 atom stereocenters. The van der Waals surface area contributed by atoms with E-state index in [1.165, 1.54) is 0 Å². The van der Waals surface area contributed by atoms with E-state index in [1.54, 1.807) is 0 Å². The normalized spacial score (nSPS) is 27.1. The van der Waals surface area contributed by atoms with Crippen molar-refractivity contribution in [2.45, 2.75) is 12.6 Å². The van der Waals surface area contributed by atoms with Crippen molar-refractivity contribution >= 4 is 22.8 Å². The Morgan fingerprint density at radius 2 is 2.56 bits per heavy atom. The van der Waals surface area contributed by atoms with Crippen LogP contribution in [-0.2, 0) is 0 Å². The Labute approximate surface area is 56.5 Å². The van der Waals surface area contributed by atoms with Gasteiger partial charge in [-0.15, -0.1) is 0 Å². The number of carbonyl (C=O) groups excluding carboxylic acids is 1. The highest BCUT2D eigenvalue weighted by Crippen LogP contribution is 2.02. The fraction of sp³-hybridized carbons (Fsp3) is 0.500. The van der Waals surface area contributed by atoms with Crippen LogP contribution in [0.4, 0.5) is 4.79 Å². The molecule has 0 radical (unpaired) electrons. The smallest absolute Gasteiger partial charge is 0.344 e. The lowest BCUT2D eigenvalue weighted by atomic mass is 10.4. The summed E-state index contributed by atoms with van der Waals surface area (Å²) in [5, 5.41) is 11.1. The summed E-state index contributed by atoms with van der Waals surface area (Å²) in [6.45, 7) is 0. The molecule has 1 aliphatic heterocycles. The zero-order valence-electron chi connectivity index (χ0n) is 4.47. The highest BCUT2D eigenvalue weighted by molar-refractivity contribution is 6.66. The molecule has 4 nitrogen and oxygen atoms in total. The summed E-state index contributed by atoms with van der Waals surface area (Å²) in [6.07, 6.45) is -0.671. The highest BCUT2D eigenvalue weighted by atomic mass is 35.5. The quantitative estimate of drug-likeness (QED) is 0.510. The zero-order chi connectivity index (χ0) is 6.85. The fourth-order valence-corrected chi connectivity index (χ4v) is 0.764. The number of hydrogen-bond donors (Lipinski definition) is 2. The van der Waals surface area contributed by atoms with Gasteiger partial charge in [0, 0.05) is 6.42 Å². The molecule has 0 spiro atoms. The first kappa shape index (κ1) is 6.51. The van der Waals surface area contributed by atoms with E-state index < -0.39 is 12.3 Å². The summed E-state index contributed by atoms with van der Waals surface area (Å²) in [7, 11) is 0. The van der Waals surface area contributed by atoms with Gasteiger partial charge < -0.3 is 10.4 Å². The van der Waals surface area contributed by atoms with E-state index in [9.17, 15) is 4.79 Å². The molecule has 1 rings (SSSR count). The Morgan fingerprint density at radius 3 is 3.00 bits per heavy atom. The average Bonchev–Trinajstić information content (AvgIpc) is 1.59. The Morgan fingerprint density at radius 1 is 1.89 bits per heavy atom. The maximum atomic E-state index is 10.3. The number of aliphatic hydroxyl groups excluding tert-OH is 1. The van der Waals surface area contributed by atoms with Gasteiger partial charge in [0.25, 0.3) is 0 Å². The van der Waals surface area contributed by atoms with Crippen LogP contribution in [0.5, 0.6) is 0 Å². The number of nitrogens with one attached hydrogen (secondary N) is 1. The second kappa shape index (κ2) is 2.33. The minimum Gasteiger partial charge on any atom is -0.373 e.